The van der Waals surface area contributed by atoms with E-state index in [1.54, 1.807) is 25.3 Å². The molecule has 0 amide bonds. The second-order valence-electron chi connectivity index (χ2n) is 3.92. The van der Waals surface area contributed by atoms with Gasteiger partial charge in [-0.1, -0.05) is 35.8 Å². The average molecular weight is 238 g/mol. The minimum atomic E-state index is -0.238. The van der Waals surface area contributed by atoms with Crippen molar-refractivity contribution in [1.29, 1.82) is 0 Å². The lowest BCUT2D eigenvalue weighted by Crippen LogP contribution is -2.02. The summed E-state index contributed by atoms with van der Waals surface area (Å²) in [5.41, 5.74) is 2.52. The van der Waals surface area contributed by atoms with Crippen molar-refractivity contribution in [3.63, 3.8) is 0 Å². The molecule has 0 atom stereocenters. The van der Waals surface area contributed by atoms with E-state index in [1.165, 1.54) is 12.1 Å². The zero-order valence-corrected chi connectivity index (χ0v) is 10.1. The second-order valence-corrected chi connectivity index (χ2v) is 3.92. The molecule has 1 nitrogen and oxygen atoms in total. The van der Waals surface area contributed by atoms with E-state index in [0.29, 0.717) is 11.2 Å². The lowest BCUT2D eigenvalue weighted by atomic mass is 9.94. The van der Waals surface area contributed by atoms with Crippen LogP contribution in [0.2, 0.25) is 0 Å². The van der Waals surface area contributed by atoms with Crippen LogP contribution in [-0.2, 0) is 0 Å². The summed E-state index contributed by atoms with van der Waals surface area (Å²) in [6.07, 6.45) is 3.81. The molecule has 0 N–H and O–H groups in total. The van der Waals surface area contributed by atoms with Crippen LogP contribution in [0.4, 0.5) is 4.39 Å². The van der Waals surface area contributed by atoms with Gasteiger partial charge in [0.25, 0.3) is 0 Å². The van der Waals surface area contributed by atoms with Gasteiger partial charge in [-0.15, -0.1) is 0 Å². The van der Waals surface area contributed by atoms with Crippen molar-refractivity contribution in [3.05, 3.63) is 59.4 Å². The van der Waals surface area contributed by atoms with Crippen LogP contribution in [0.25, 0.3) is 12.2 Å². The Morgan fingerprint density at radius 2 is 1.67 bits per heavy atom. The Hall–Kier alpha value is -2.03. The monoisotopic (exact) mass is 238 g/mol. The van der Waals surface area contributed by atoms with Gasteiger partial charge >= 0.3 is 0 Å². The number of methoxy groups -OCH3 is 1. The maximum atomic E-state index is 12.7. The van der Waals surface area contributed by atoms with E-state index in [0.717, 1.165) is 11.1 Å². The molecular weight excluding hydrogens is 226 g/mol. The van der Waals surface area contributed by atoms with E-state index >= 15 is 0 Å². The molecule has 0 aliphatic carbocycles. The van der Waals surface area contributed by atoms with Crippen LogP contribution in [-0.4, -0.2) is 15.0 Å². The van der Waals surface area contributed by atoms with Crippen LogP contribution in [0.3, 0.4) is 0 Å². The van der Waals surface area contributed by atoms with Crippen LogP contribution in [0.5, 0.6) is 5.75 Å². The third-order valence-electron chi connectivity index (χ3n) is 2.53. The first-order valence-electron chi connectivity index (χ1n) is 5.55. The van der Waals surface area contributed by atoms with Crippen molar-refractivity contribution in [2.75, 3.05) is 7.11 Å². The third kappa shape index (κ3) is 3.23. The quantitative estimate of drug-likeness (QED) is 0.590. The molecule has 0 saturated carbocycles. The highest BCUT2D eigenvalue weighted by Crippen LogP contribution is 2.14. The zero-order valence-electron chi connectivity index (χ0n) is 10.1. The Morgan fingerprint density at radius 1 is 1.00 bits per heavy atom. The molecule has 0 heterocycles. The Labute approximate surface area is 107 Å². The molecule has 2 aromatic carbocycles. The highest BCUT2D eigenvalue weighted by Gasteiger charge is 1.95. The summed E-state index contributed by atoms with van der Waals surface area (Å²) in [5, 5.41) is 0. The predicted octanol–water partition coefficient (Wildman–Crippen LogP) is 2.80. The third-order valence-corrected chi connectivity index (χ3v) is 2.53. The normalized spacial score (nSPS) is 10.8. The Morgan fingerprint density at radius 3 is 2.33 bits per heavy atom. The van der Waals surface area contributed by atoms with Crippen molar-refractivity contribution in [2.24, 2.45) is 0 Å². The van der Waals surface area contributed by atoms with Crippen LogP contribution >= 0.6 is 0 Å². The first-order chi connectivity index (χ1) is 8.67. The van der Waals surface area contributed by atoms with Gasteiger partial charge in [0, 0.05) is 0 Å². The van der Waals surface area contributed by atoms with E-state index in [1.807, 2.05) is 24.3 Å². The molecule has 2 aromatic rings. The van der Waals surface area contributed by atoms with Crippen molar-refractivity contribution < 1.29 is 9.13 Å². The minimum Gasteiger partial charge on any atom is -0.497 e. The SMILES string of the molecule is [B]c1cc(/C=C/c2ccc(F)cc2)cc(OC)c1. The number of rotatable bonds is 3. The maximum Gasteiger partial charge on any atom is 0.123 e. The molecule has 0 aromatic heterocycles. The first kappa shape index (κ1) is 12.4. The molecule has 0 aliphatic rings. The molecule has 0 spiro atoms. The van der Waals surface area contributed by atoms with E-state index in [2.05, 4.69) is 0 Å². The summed E-state index contributed by atoms with van der Waals surface area (Å²) in [7, 11) is 7.36. The van der Waals surface area contributed by atoms with Crippen LogP contribution in [0.1, 0.15) is 11.1 Å². The van der Waals surface area contributed by atoms with E-state index in [9.17, 15) is 4.39 Å². The molecule has 0 aliphatic heterocycles. The minimum absolute atomic E-state index is 0.238. The molecule has 0 saturated heterocycles. The van der Waals surface area contributed by atoms with Gasteiger partial charge in [0.05, 0.1) is 7.11 Å². The van der Waals surface area contributed by atoms with Gasteiger partial charge in [0.1, 0.15) is 19.4 Å². The fourth-order valence-electron chi connectivity index (χ4n) is 1.63. The summed E-state index contributed by atoms with van der Waals surface area (Å²) < 4.78 is 17.9. The molecule has 0 unspecified atom stereocenters. The standard InChI is InChI=1S/C15H12BFO/c1-18-15-9-12(8-13(16)10-15)3-2-11-4-6-14(17)7-5-11/h2-10H,1H3/b3-2+. The fraction of sp³-hybridized carbons (Fsp3) is 0.0667. The predicted molar refractivity (Wildman–Crippen MR) is 73.7 cm³/mol. The summed E-state index contributed by atoms with van der Waals surface area (Å²) in [5.74, 6) is 0.478. The van der Waals surface area contributed by atoms with Crippen molar-refractivity contribution in [1.82, 2.24) is 0 Å². The number of halogens is 1. The molecular formula is C15H12BFO. The topological polar surface area (TPSA) is 9.23 Å². The van der Waals surface area contributed by atoms with E-state index in [4.69, 9.17) is 12.6 Å². The van der Waals surface area contributed by atoms with Crippen LogP contribution in [0, 0.1) is 5.82 Å². The van der Waals surface area contributed by atoms with E-state index in [-0.39, 0.29) is 5.82 Å². The highest BCUT2D eigenvalue weighted by molar-refractivity contribution is 6.32. The molecule has 2 radical (unpaired) electrons. The van der Waals surface area contributed by atoms with E-state index < -0.39 is 0 Å². The molecule has 88 valence electrons. The number of hydrogen-bond acceptors (Lipinski definition) is 1. The summed E-state index contributed by atoms with van der Waals surface area (Å²) in [4.78, 5) is 0. The zero-order chi connectivity index (χ0) is 13.0. The molecule has 3 heteroatoms. The Balaban J connectivity index is 2.22. The van der Waals surface area contributed by atoms with Crippen LogP contribution in [0.15, 0.2) is 42.5 Å². The summed E-state index contributed by atoms with van der Waals surface area (Å²) in [6, 6.07) is 11.8. The van der Waals surface area contributed by atoms with Gasteiger partial charge < -0.3 is 4.74 Å². The Bertz CT molecular complexity index is 561. The van der Waals surface area contributed by atoms with Gasteiger partial charge in [-0.25, -0.2) is 4.39 Å². The van der Waals surface area contributed by atoms with Crippen molar-refractivity contribution in [2.45, 2.75) is 0 Å². The Kier molecular flexibility index (Phi) is 3.83. The first-order valence-corrected chi connectivity index (χ1v) is 5.55. The smallest absolute Gasteiger partial charge is 0.123 e. The molecule has 2 rings (SSSR count). The van der Waals surface area contributed by atoms with Crippen LogP contribution < -0.4 is 10.2 Å². The maximum absolute atomic E-state index is 12.7. The van der Waals surface area contributed by atoms with Crippen molar-refractivity contribution >= 4 is 25.5 Å². The molecule has 18 heavy (non-hydrogen) atoms. The fourth-order valence-corrected chi connectivity index (χ4v) is 1.63. The highest BCUT2D eigenvalue weighted by atomic mass is 19.1. The van der Waals surface area contributed by atoms with Crippen molar-refractivity contribution in [3.8, 4) is 5.75 Å². The number of hydrogen-bond donors (Lipinski definition) is 0. The largest absolute Gasteiger partial charge is 0.497 e. The van der Waals surface area contributed by atoms with Gasteiger partial charge in [0.15, 0.2) is 0 Å². The van der Waals surface area contributed by atoms with Gasteiger partial charge in [-0.3, -0.25) is 0 Å². The molecule has 0 fully saturated rings. The average Bonchev–Trinajstić information content (AvgIpc) is 2.37. The lowest BCUT2D eigenvalue weighted by molar-refractivity contribution is 0.415. The number of benzene rings is 2. The summed E-state index contributed by atoms with van der Waals surface area (Å²) >= 11 is 0. The number of ether oxygens (including phenoxy) is 1. The lowest BCUT2D eigenvalue weighted by Gasteiger charge is -2.03. The molecule has 0 bridgehead atoms. The van der Waals surface area contributed by atoms with Gasteiger partial charge in [-0.2, -0.15) is 0 Å². The summed E-state index contributed by atoms with van der Waals surface area (Å²) in [6.45, 7) is 0. The van der Waals surface area contributed by atoms with Gasteiger partial charge in [0.2, 0.25) is 0 Å². The van der Waals surface area contributed by atoms with Gasteiger partial charge in [-0.05, 0) is 35.4 Å². The second kappa shape index (κ2) is 5.54.